The van der Waals surface area contributed by atoms with Crippen LogP contribution in [0.15, 0.2) is 103 Å². The second-order valence-corrected chi connectivity index (χ2v) is 17.5. The van der Waals surface area contributed by atoms with Gasteiger partial charge in [0.15, 0.2) is 0 Å². The van der Waals surface area contributed by atoms with Crippen molar-refractivity contribution >= 4 is 11.4 Å². The van der Waals surface area contributed by atoms with Crippen LogP contribution in [0.3, 0.4) is 0 Å². The van der Waals surface area contributed by atoms with Gasteiger partial charge < -0.3 is 5.32 Å². The highest BCUT2D eigenvalue weighted by molar-refractivity contribution is 5.92. The molecule has 0 radical (unpaired) electrons. The van der Waals surface area contributed by atoms with Gasteiger partial charge in [-0.1, -0.05) is 113 Å². The number of rotatable bonds is 3. The molecule has 0 amide bonds. The van der Waals surface area contributed by atoms with Crippen molar-refractivity contribution in [2.45, 2.75) is 83.0 Å². The minimum atomic E-state index is -0.0285. The predicted molar refractivity (Wildman–Crippen MR) is 201 cm³/mol. The van der Waals surface area contributed by atoms with Crippen LogP contribution in [0.1, 0.15) is 94.5 Å². The van der Waals surface area contributed by atoms with Gasteiger partial charge >= 0.3 is 0 Å². The lowest BCUT2D eigenvalue weighted by molar-refractivity contribution is -0.0399. The Hall–Kier alpha value is -4.10. The number of hydrogen-bond acceptors (Lipinski definition) is 1. The van der Waals surface area contributed by atoms with Gasteiger partial charge in [-0.05, 0) is 141 Å². The van der Waals surface area contributed by atoms with Crippen LogP contribution in [0.25, 0.3) is 33.4 Å². The van der Waals surface area contributed by atoms with Gasteiger partial charge in [0.2, 0.25) is 0 Å². The van der Waals surface area contributed by atoms with Crippen LogP contribution >= 0.6 is 0 Å². The van der Waals surface area contributed by atoms with E-state index < -0.39 is 0 Å². The molecule has 1 N–H and O–H groups in total. The third-order valence-corrected chi connectivity index (χ3v) is 13.6. The van der Waals surface area contributed by atoms with Crippen LogP contribution < -0.4 is 5.32 Å². The van der Waals surface area contributed by atoms with Crippen LogP contribution in [0.5, 0.6) is 0 Å². The predicted octanol–water partition coefficient (Wildman–Crippen LogP) is 12.4. The summed E-state index contributed by atoms with van der Waals surface area (Å²) in [6.45, 7) is 11.7. The molecule has 0 aromatic heterocycles. The largest absolute Gasteiger partial charge is 0.355 e. The van der Waals surface area contributed by atoms with Gasteiger partial charge in [-0.25, -0.2) is 0 Å². The Labute approximate surface area is 286 Å². The standard InChI is InChI=1S/C47H47N/c1-45(2,3)31-16-14-30(15-17-31)38-26-39-36-11-7-9-13-41(36)47(32-21-28-20-29(23-32)24-33(47)22-28)43(39)27-44(38)48-34-18-19-37-35-10-6-8-12-40(35)46(4,5)42(37)25-34/h6-19,25-29,32-33,48H,20-24H2,1-5H3. The van der Waals surface area contributed by atoms with Crippen molar-refractivity contribution in [3.63, 3.8) is 0 Å². The zero-order chi connectivity index (χ0) is 32.6. The van der Waals surface area contributed by atoms with Gasteiger partial charge in [-0.2, -0.15) is 0 Å². The van der Waals surface area contributed by atoms with Crippen LogP contribution in [-0.4, -0.2) is 0 Å². The molecule has 1 heteroatoms. The third-order valence-electron chi connectivity index (χ3n) is 13.6. The molecule has 1 spiro atoms. The lowest BCUT2D eigenvalue weighted by atomic mass is 9.43. The first-order chi connectivity index (χ1) is 23.1. The van der Waals surface area contributed by atoms with Gasteiger partial charge in [0.05, 0.1) is 0 Å². The van der Waals surface area contributed by atoms with E-state index in [-0.39, 0.29) is 16.2 Å². The van der Waals surface area contributed by atoms with Crippen molar-refractivity contribution < 1.29 is 0 Å². The molecule has 1 nitrogen and oxygen atoms in total. The molecule has 48 heavy (non-hydrogen) atoms. The molecule has 4 fully saturated rings. The highest BCUT2D eigenvalue weighted by Gasteiger charge is 2.61. The molecule has 0 aliphatic heterocycles. The summed E-state index contributed by atoms with van der Waals surface area (Å²) in [5.41, 5.74) is 18.4. The van der Waals surface area contributed by atoms with E-state index in [9.17, 15) is 0 Å². The Morgan fingerprint density at radius 1 is 0.542 bits per heavy atom. The summed E-state index contributed by atoms with van der Waals surface area (Å²) >= 11 is 0. The number of benzene rings is 5. The van der Waals surface area contributed by atoms with Crippen molar-refractivity contribution in [3.8, 4) is 33.4 Å². The number of nitrogens with one attached hydrogen (secondary N) is 1. The Morgan fingerprint density at radius 2 is 1.15 bits per heavy atom. The van der Waals surface area contributed by atoms with E-state index in [2.05, 4.69) is 143 Å². The van der Waals surface area contributed by atoms with Crippen molar-refractivity contribution in [1.82, 2.24) is 0 Å². The number of anilines is 2. The van der Waals surface area contributed by atoms with E-state index in [0.29, 0.717) is 0 Å². The fraction of sp³-hybridized carbons (Fsp3) is 0.362. The van der Waals surface area contributed by atoms with Crippen molar-refractivity contribution in [1.29, 1.82) is 0 Å². The number of hydrogen-bond donors (Lipinski definition) is 1. The first kappa shape index (κ1) is 28.9. The molecule has 5 aromatic rings. The summed E-state index contributed by atoms with van der Waals surface area (Å²) in [5.74, 6) is 3.37. The zero-order valence-corrected chi connectivity index (χ0v) is 29.2. The molecular weight excluding hydrogens is 579 g/mol. The summed E-state index contributed by atoms with van der Waals surface area (Å²) < 4.78 is 0. The van der Waals surface area contributed by atoms with Gasteiger partial charge in [0.25, 0.3) is 0 Å². The molecule has 5 aromatic carbocycles. The normalized spacial score (nSPS) is 26.7. The van der Waals surface area contributed by atoms with Crippen molar-refractivity contribution in [2.75, 3.05) is 5.32 Å². The van der Waals surface area contributed by atoms with E-state index in [1.165, 1.54) is 93.5 Å². The highest BCUT2D eigenvalue weighted by Crippen LogP contribution is 2.70. The average Bonchev–Trinajstić information content (AvgIpc) is 3.48. The summed E-state index contributed by atoms with van der Waals surface area (Å²) in [5, 5.41) is 4.07. The minimum absolute atomic E-state index is 0.0285. The highest BCUT2D eigenvalue weighted by atomic mass is 14.9. The van der Waals surface area contributed by atoms with Crippen molar-refractivity contribution in [3.05, 3.63) is 131 Å². The number of fused-ring (bicyclic) bond motifs is 6. The summed E-state index contributed by atoms with van der Waals surface area (Å²) in [6.07, 6.45) is 7.09. The Morgan fingerprint density at radius 3 is 1.81 bits per heavy atom. The first-order valence-electron chi connectivity index (χ1n) is 18.5. The lowest BCUT2D eigenvalue weighted by Gasteiger charge is -2.61. The monoisotopic (exact) mass is 625 g/mol. The Bertz CT molecular complexity index is 2090. The minimum Gasteiger partial charge on any atom is -0.355 e. The maximum Gasteiger partial charge on any atom is 0.0467 e. The van der Waals surface area contributed by atoms with Gasteiger partial charge in [0.1, 0.15) is 0 Å². The van der Waals surface area contributed by atoms with Gasteiger partial charge in [-0.3, -0.25) is 0 Å². The lowest BCUT2D eigenvalue weighted by Crippen LogP contribution is -2.55. The van der Waals surface area contributed by atoms with Crippen molar-refractivity contribution in [2.24, 2.45) is 23.7 Å². The maximum absolute atomic E-state index is 4.07. The molecule has 0 heterocycles. The Kier molecular flexibility index (Phi) is 5.86. The fourth-order valence-electron chi connectivity index (χ4n) is 11.6. The van der Waals surface area contributed by atoms with E-state index in [0.717, 1.165) is 23.7 Å². The molecule has 0 saturated heterocycles. The molecule has 240 valence electrons. The summed E-state index contributed by atoms with van der Waals surface area (Å²) in [4.78, 5) is 0. The van der Waals surface area contributed by atoms with Crippen LogP contribution in [0, 0.1) is 23.7 Å². The van der Waals surface area contributed by atoms with E-state index in [4.69, 9.17) is 0 Å². The summed E-state index contributed by atoms with van der Waals surface area (Å²) in [6, 6.07) is 40.2. The van der Waals surface area contributed by atoms with E-state index >= 15 is 0 Å². The molecule has 4 bridgehead atoms. The molecule has 0 atom stereocenters. The van der Waals surface area contributed by atoms with E-state index in [1.807, 2.05) is 0 Å². The first-order valence-corrected chi connectivity index (χ1v) is 18.5. The molecule has 6 aliphatic rings. The van der Waals surface area contributed by atoms with Gasteiger partial charge in [-0.15, -0.1) is 0 Å². The molecular formula is C47H47N. The quantitative estimate of drug-likeness (QED) is 0.210. The topological polar surface area (TPSA) is 12.0 Å². The van der Waals surface area contributed by atoms with Crippen LogP contribution in [-0.2, 0) is 16.2 Å². The Balaban J connectivity index is 1.16. The maximum atomic E-state index is 4.07. The van der Waals surface area contributed by atoms with Crippen LogP contribution in [0.4, 0.5) is 11.4 Å². The van der Waals surface area contributed by atoms with Crippen LogP contribution in [0.2, 0.25) is 0 Å². The molecule has 4 saturated carbocycles. The van der Waals surface area contributed by atoms with E-state index in [1.54, 1.807) is 11.1 Å². The summed E-state index contributed by atoms with van der Waals surface area (Å²) in [7, 11) is 0. The average molecular weight is 626 g/mol. The zero-order valence-electron chi connectivity index (χ0n) is 29.2. The smallest absolute Gasteiger partial charge is 0.0467 e. The SMILES string of the molecule is CC(C)(C)c1ccc(-c2cc3c(cc2Nc2ccc4c(c2)C(C)(C)c2ccccc2-4)C2(c4ccccc4-3)C3CC4CC(C3)CC2C4)cc1. The fourth-order valence-corrected chi connectivity index (χ4v) is 11.6. The molecule has 0 unspecified atom stereocenters. The molecule has 11 rings (SSSR count). The second-order valence-electron chi connectivity index (χ2n) is 17.5. The molecule has 6 aliphatic carbocycles. The van der Waals surface area contributed by atoms with Gasteiger partial charge in [0, 0.05) is 27.8 Å². The second kappa shape index (κ2) is 9.75. The third kappa shape index (κ3) is 3.85.